The molecule has 2 unspecified atom stereocenters. The summed E-state index contributed by atoms with van der Waals surface area (Å²) in [5.41, 5.74) is 4.27. The van der Waals surface area contributed by atoms with E-state index in [1.165, 1.54) is 11.2 Å². The van der Waals surface area contributed by atoms with Crippen LogP contribution in [0.3, 0.4) is 0 Å². The number of rotatable bonds is 5. The Morgan fingerprint density at radius 2 is 1.94 bits per heavy atom. The molecule has 9 heteroatoms. The zero-order chi connectivity index (χ0) is 24.5. The topological polar surface area (TPSA) is 82.8 Å². The number of halogens is 1. The number of hydrogen-bond donors (Lipinski definition) is 1. The number of likely N-dealkylation sites (tertiary alicyclic amines) is 1. The van der Waals surface area contributed by atoms with Crippen LogP contribution in [0.2, 0.25) is 5.02 Å². The molecule has 3 aromatic rings. The number of amides is 2. The molecule has 2 aliphatic heterocycles. The van der Waals surface area contributed by atoms with Gasteiger partial charge in [0.2, 0.25) is 11.8 Å². The molecule has 2 amide bonds. The number of fused-ring (bicyclic) bond motifs is 2. The predicted molar refractivity (Wildman–Crippen MR) is 134 cm³/mol. The van der Waals surface area contributed by atoms with Gasteiger partial charge in [-0.15, -0.1) is 0 Å². The second-order valence-electron chi connectivity index (χ2n) is 10.6. The first-order valence-corrected chi connectivity index (χ1v) is 12.6. The lowest BCUT2D eigenvalue weighted by Crippen LogP contribution is -2.44. The maximum absolute atomic E-state index is 12.8. The minimum Gasteiger partial charge on any atom is -0.369 e. The van der Waals surface area contributed by atoms with Crippen molar-refractivity contribution in [2.45, 2.75) is 39.3 Å². The van der Waals surface area contributed by atoms with Crippen molar-refractivity contribution in [2.75, 3.05) is 25.0 Å². The summed E-state index contributed by atoms with van der Waals surface area (Å²) in [6.45, 7) is 6.12. The van der Waals surface area contributed by atoms with Crippen molar-refractivity contribution in [3.63, 3.8) is 0 Å². The normalized spacial score (nSPS) is 25.4. The molecule has 2 saturated heterocycles. The van der Waals surface area contributed by atoms with Crippen LogP contribution >= 0.6 is 11.6 Å². The fourth-order valence-corrected chi connectivity index (χ4v) is 6.20. The minimum absolute atomic E-state index is 0.0622. The lowest BCUT2D eigenvalue weighted by molar-refractivity contribution is -0.143. The largest absolute Gasteiger partial charge is 0.369 e. The number of carbonyl (C=O) groups is 2. The number of aromatic nitrogens is 3. The van der Waals surface area contributed by atoms with Crippen LogP contribution in [0.5, 0.6) is 0 Å². The Kier molecular flexibility index (Phi) is 5.16. The van der Waals surface area contributed by atoms with E-state index >= 15 is 0 Å². The minimum atomic E-state index is -0.210. The molecular weight excluding hydrogens is 464 g/mol. The van der Waals surface area contributed by atoms with Gasteiger partial charge in [-0.3, -0.25) is 14.5 Å². The van der Waals surface area contributed by atoms with Gasteiger partial charge >= 0.3 is 0 Å². The van der Waals surface area contributed by atoms with Gasteiger partial charge in [0.1, 0.15) is 6.33 Å². The maximum Gasteiger partial charge on any atom is 0.233 e. The van der Waals surface area contributed by atoms with Crippen LogP contribution in [0, 0.1) is 17.3 Å². The zero-order valence-electron chi connectivity index (χ0n) is 20.2. The van der Waals surface area contributed by atoms with Crippen LogP contribution in [0.4, 0.5) is 5.69 Å². The number of likely N-dealkylation sites (N-methyl/N-ethyl adjacent to an activating group) is 1. The van der Waals surface area contributed by atoms with E-state index in [9.17, 15) is 9.59 Å². The number of benzene rings is 1. The van der Waals surface area contributed by atoms with Crippen LogP contribution in [-0.2, 0) is 16.1 Å². The Bertz CT molecular complexity index is 1330. The summed E-state index contributed by atoms with van der Waals surface area (Å²) in [5, 5.41) is 8.44. The highest BCUT2D eigenvalue weighted by atomic mass is 35.5. The van der Waals surface area contributed by atoms with Crippen LogP contribution in [-0.4, -0.2) is 57.5 Å². The van der Waals surface area contributed by atoms with E-state index in [-0.39, 0.29) is 35.6 Å². The molecule has 0 radical (unpaired) electrons. The van der Waals surface area contributed by atoms with E-state index in [2.05, 4.69) is 26.4 Å². The molecule has 1 saturated carbocycles. The third-order valence-electron chi connectivity index (χ3n) is 8.08. The number of piperidine rings is 2. The van der Waals surface area contributed by atoms with Crippen molar-refractivity contribution in [1.82, 2.24) is 24.8 Å². The van der Waals surface area contributed by atoms with E-state index in [0.29, 0.717) is 11.1 Å². The summed E-state index contributed by atoms with van der Waals surface area (Å²) in [4.78, 5) is 34.1. The van der Waals surface area contributed by atoms with Crippen molar-refractivity contribution in [3.8, 4) is 11.3 Å². The first-order chi connectivity index (χ1) is 16.8. The molecule has 1 aliphatic carbocycles. The van der Waals surface area contributed by atoms with E-state index in [4.69, 9.17) is 11.6 Å². The number of hydrogen-bond acceptors (Lipinski definition) is 6. The van der Waals surface area contributed by atoms with Crippen molar-refractivity contribution < 1.29 is 9.59 Å². The van der Waals surface area contributed by atoms with E-state index in [1.54, 1.807) is 4.52 Å². The number of carbonyl (C=O) groups excluding carboxylic acids is 2. The van der Waals surface area contributed by atoms with Gasteiger partial charge in [-0.05, 0) is 55.1 Å². The van der Waals surface area contributed by atoms with Gasteiger partial charge < -0.3 is 10.2 Å². The average molecular weight is 493 g/mol. The highest BCUT2D eigenvalue weighted by Crippen LogP contribution is 2.63. The zero-order valence-corrected chi connectivity index (χ0v) is 20.9. The molecule has 3 fully saturated rings. The van der Waals surface area contributed by atoms with Gasteiger partial charge in [0, 0.05) is 41.6 Å². The van der Waals surface area contributed by atoms with Crippen molar-refractivity contribution in [2.24, 2.45) is 17.3 Å². The van der Waals surface area contributed by atoms with E-state index < -0.39 is 0 Å². The molecule has 0 bridgehead atoms. The highest BCUT2D eigenvalue weighted by molar-refractivity contribution is 6.31. The third kappa shape index (κ3) is 3.53. The van der Waals surface area contributed by atoms with Crippen LogP contribution < -0.4 is 10.2 Å². The SMILES string of the molecule is CN[C@H]1CCCN(c2ccc(Cl)cc2-c2ncnn3cc(CN4C(=O)C5C(C4=O)C5(C)C)cc23)C1. The standard InChI is InChI=1S/C26H29ClN6O2/c1-26(2)21-22(26)25(35)32(24(21)34)11-15-9-20-23(29-14-30-33(20)12-15)18-10-16(27)6-7-19(18)31-8-4-5-17(13-31)28-3/h6-7,9-10,12,14,17,21-22,28H,4-5,8,11,13H2,1-3H3/t17-,21?,22?/m0/s1. The van der Waals surface area contributed by atoms with Gasteiger partial charge in [0.25, 0.3) is 0 Å². The Morgan fingerprint density at radius 3 is 2.69 bits per heavy atom. The summed E-state index contributed by atoms with van der Waals surface area (Å²) < 4.78 is 1.77. The summed E-state index contributed by atoms with van der Waals surface area (Å²) >= 11 is 6.44. The molecule has 2 aromatic heterocycles. The van der Waals surface area contributed by atoms with Crippen LogP contribution in [0.15, 0.2) is 36.8 Å². The molecule has 0 spiro atoms. The summed E-state index contributed by atoms with van der Waals surface area (Å²) in [7, 11) is 2.01. The average Bonchev–Trinajstić information content (AvgIpc) is 3.10. The van der Waals surface area contributed by atoms with Crippen LogP contribution in [0.25, 0.3) is 16.8 Å². The highest BCUT2D eigenvalue weighted by Gasteiger charge is 2.72. The van der Waals surface area contributed by atoms with Gasteiger partial charge in [0.05, 0.1) is 29.6 Å². The molecule has 1 N–H and O–H groups in total. The van der Waals surface area contributed by atoms with Crippen molar-refractivity contribution in [1.29, 1.82) is 0 Å². The molecule has 4 heterocycles. The number of nitrogens with one attached hydrogen (secondary N) is 1. The smallest absolute Gasteiger partial charge is 0.233 e. The Balaban J connectivity index is 1.35. The summed E-state index contributed by atoms with van der Waals surface area (Å²) in [5.74, 6) is -0.481. The van der Waals surface area contributed by atoms with Crippen LogP contribution in [0.1, 0.15) is 32.3 Å². The number of imide groups is 1. The predicted octanol–water partition coefficient (Wildman–Crippen LogP) is 3.38. The Labute approximate surface area is 209 Å². The molecular formula is C26H29ClN6O2. The van der Waals surface area contributed by atoms with Gasteiger partial charge in [0.15, 0.2) is 0 Å². The van der Waals surface area contributed by atoms with E-state index in [0.717, 1.165) is 54.0 Å². The second kappa shape index (κ2) is 8.03. The number of anilines is 1. The lowest BCUT2D eigenvalue weighted by Gasteiger charge is -2.35. The molecule has 182 valence electrons. The quantitative estimate of drug-likeness (QED) is 0.550. The molecule has 3 atom stereocenters. The third-order valence-corrected chi connectivity index (χ3v) is 8.31. The van der Waals surface area contributed by atoms with E-state index in [1.807, 2.05) is 45.3 Å². The number of nitrogens with zero attached hydrogens (tertiary/aromatic N) is 5. The Morgan fingerprint density at radius 1 is 1.17 bits per heavy atom. The van der Waals surface area contributed by atoms with Gasteiger partial charge in [-0.25, -0.2) is 9.50 Å². The fraction of sp³-hybridized carbons (Fsp3) is 0.462. The molecule has 35 heavy (non-hydrogen) atoms. The lowest BCUT2D eigenvalue weighted by atomic mass is 10.0. The molecule has 6 rings (SSSR count). The van der Waals surface area contributed by atoms with Gasteiger partial charge in [-0.2, -0.15) is 5.10 Å². The van der Waals surface area contributed by atoms with Crippen molar-refractivity contribution in [3.05, 3.63) is 47.4 Å². The maximum atomic E-state index is 12.8. The first-order valence-electron chi connectivity index (χ1n) is 12.2. The first kappa shape index (κ1) is 22.5. The fourth-order valence-electron chi connectivity index (χ4n) is 6.02. The summed E-state index contributed by atoms with van der Waals surface area (Å²) in [6.07, 6.45) is 5.67. The van der Waals surface area contributed by atoms with Gasteiger partial charge in [-0.1, -0.05) is 25.4 Å². The van der Waals surface area contributed by atoms with Crippen molar-refractivity contribution >= 4 is 34.6 Å². The molecule has 8 nitrogen and oxygen atoms in total. The summed E-state index contributed by atoms with van der Waals surface area (Å²) in [6, 6.07) is 8.35. The molecule has 3 aliphatic rings. The Hall–Kier alpha value is -2.97. The second-order valence-corrected chi connectivity index (χ2v) is 11.0. The molecule has 1 aromatic carbocycles. The monoisotopic (exact) mass is 492 g/mol.